The van der Waals surface area contributed by atoms with Crippen molar-refractivity contribution < 1.29 is 24.5 Å². The van der Waals surface area contributed by atoms with E-state index in [0.29, 0.717) is 33.6 Å². The maximum atomic E-state index is 12.5. The van der Waals surface area contributed by atoms with Gasteiger partial charge in [-0.15, -0.1) is 0 Å². The number of rotatable bonds is 6. The first kappa shape index (κ1) is 21.5. The lowest BCUT2D eigenvalue weighted by Crippen LogP contribution is -2.12. The van der Waals surface area contributed by atoms with E-state index in [-0.39, 0.29) is 23.7 Å². The van der Waals surface area contributed by atoms with Crippen molar-refractivity contribution in [2.24, 2.45) is 4.99 Å². The van der Waals surface area contributed by atoms with Gasteiger partial charge in [-0.3, -0.25) is 0 Å². The van der Waals surface area contributed by atoms with Gasteiger partial charge in [-0.05, 0) is 56.2 Å². The highest BCUT2D eigenvalue weighted by atomic mass is 32.2. The normalized spacial score (nSPS) is 16.4. The smallest absolute Gasteiger partial charge is 0.344 e. The van der Waals surface area contributed by atoms with Crippen LogP contribution in [-0.4, -0.2) is 34.4 Å². The number of benzene rings is 2. The van der Waals surface area contributed by atoms with Crippen molar-refractivity contribution in [2.75, 3.05) is 13.2 Å². The van der Waals surface area contributed by atoms with Gasteiger partial charge < -0.3 is 19.7 Å². The number of aliphatic imine (C=N–C) groups is 1. The Labute approximate surface area is 179 Å². The van der Waals surface area contributed by atoms with Gasteiger partial charge in [0.2, 0.25) is 0 Å². The highest BCUT2D eigenvalue weighted by Gasteiger charge is 2.33. The maximum absolute atomic E-state index is 12.5. The zero-order valence-corrected chi connectivity index (χ0v) is 17.8. The molecule has 1 aliphatic heterocycles. The van der Waals surface area contributed by atoms with Gasteiger partial charge in [0.15, 0.2) is 11.5 Å². The number of nitrogens with zero attached hydrogens (tertiary/aromatic N) is 1. The van der Waals surface area contributed by atoms with Gasteiger partial charge in [0.1, 0.15) is 16.4 Å². The van der Waals surface area contributed by atoms with Gasteiger partial charge in [0.05, 0.1) is 23.8 Å². The van der Waals surface area contributed by atoms with Crippen LogP contribution in [0.25, 0.3) is 6.08 Å². The van der Waals surface area contributed by atoms with Crippen molar-refractivity contribution in [1.82, 2.24) is 0 Å². The fourth-order valence-corrected chi connectivity index (χ4v) is 3.86. The Morgan fingerprint density at radius 1 is 1.13 bits per heavy atom. The van der Waals surface area contributed by atoms with Crippen LogP contribution in [0.1, 0.15) is 25.0 Å². The number of phenolic OH excluding ortho intramolecular Hbond substituents is 1. The highest BCUT2D eigenvalue weighted by Crippen LogP contribution is 2.41. The molecule has 0 amide bonds. The molecule has 0 spiro atoms. The number of aromatic hydroxyl groups is 1. The number of aliphatic hydroxyl groups is 1. The Hall–Kier alpha value is -3.19. The van der Waals surface area contributed by atoms with Gasteiger partial charge in [-0.2, -0.15) is 0 Å². The minimum absolute atomic E-state index is 0.0341. The van der Waals surface area contributed by atoms with Gasteiger partial charge >= 0.3 is 5.97 Å². The first-order chi connectivity index (χ1) is 14.4. The van der Waals surface area contributed by atoms with E-state index in [1.807, 2.05) is 38.1 Å². The summed E-state index contributed by atoms with van der Waals surface area (Å²) < 4.78 is 10.5. The molecule has 2 aromatic rings. The molecule has 7 heteroatoms. The third kappa shape index (κ3) is 4.68. The third-order valence-corrected chi connectivity index (χ3v) is 5.31. The predicted octanol–water partition coefficient (Wildman–Crippen LogP) is 5.29. The average molecular weight is 426 g/mol. The molecule has 156 valence electrons. The molecular weight excluding hydrogens is 402 g/mol. The lowest BCUT2D eigenvalue weighted by atomic mass is 10.1. The topological polar surface area (TPSA) is 88.4 Å². The number of esters is 1. The fraction of sp³-hybridized carbons (Fsp3) is 0.217. The minimum Gasteiger partial charge on any atom is -0.506 e. The highest BCUT2D eigenvalue weighted by molar-refractivity contribution is 8.18. The van der Waals surface area contributed by atoms with Crippen LogP contribution in [-0.2, 0) is 9.53 Å². The molecule has 0 fully saturated rings. The van der Waals surface area contributed by atoms with Crippen molar-refractivity contribution in [3.8, 4) is 11.5 Å². The minimum atomic E-state index is -0.626. The van der Waals surface area contributed by atoms with Crippen LogP contribution >= 0.6 is 11.8 Å². The van der Waals surface area contributed by atoms with Crippen LogP contribution < -0.4 is 4.74 Å². The van der Waals surface area contributed by atoms with E-state index < -0.39 is 5.97 Å². The van der Waals surface area contributed by atoms with Crippen LogP contribution in [0, 0.1) is 6.92 Å². The van der Waals surface area contributed by atoms with E-state index in [4.69, 9.17) is 9.47 Å². The molecule has 3 rings (SSSR count). The molecule has 0 saturated heterocycles. The van der Waals surface area contributed by atoms with Gasteiger partial charge in [-0.1, -0.05) is 36.0 Å². The molecule has 6 nitrogen and oxygen atoms in total. The Kier molecular flexibility index (Phi) is 6.84. The summed E-state index contributed by atoms with van der Waals surface area (Å²) in [7, 11) is 0. The summed E-state index contributed by atoms with van der Waals surface area (Å²) >= 11 is 1.19. The van der Waals surface area contributed by atoms with E-state index >= 15 is 0 Å². The summed E-state index contributed by atoms with van der Waals surface area (Å²) in [6.07, 6.45) is 1.71. The summed E-state index contributed by atoms with van der Waals surface area (Å²) in [5.41, 5.74) is 2.40. The number of carbonyl (C=O) groups excluding carboxylic acids is 1. The molecule has 0 radical (unpaired) electrons. The zero-order valence-electron chi connectivity index (χ0n) is 17.0. The molecule has 0 unspecified atom stereocenters. The van der Waals surface area contributed by atoms with Gasteiger partial charge in [0.25, 0.3) is 0 Å². The van der Waals surface area contributed by atoms with Crippen molar-refractivity contribution in [3.63, 3.8) is 0 Å². The fourth-order valence-electron chi connectivity index (χ4n) is 2.83. The van der Waals surface area contributed by atoms with Gasteiger partial charge in [-0.25, -0.2) is 9.79 Å². The monoisotopic (exact) mass is 425 g/mol. The number of phenols is 1. The van der Waals surface area contributed by atoms with Crippen LogP contribution in [0.3, 0.4) is 0 Å². The van der Waals surface area contributed by atoms with E-state index in [1.165, 1.54) is 17.8 Å². The maximum Gasteiger partial charge on any atom is 0.344 e. The van der Waals surface area contributed by atoms with Crippen molar-refractivity contribution in [3.05, 3.63) is 69.8 Å². The number of hydrogen-bond acceptors (Lipinski definition) is 7. The molecule has 0 atom stereocenters. The second-order valence-electron chi connectivity index (χ2n) is 6.42. The van der Waals surface area contributed by atoms with E-state index in [1.54, 1.807) is 25.1 Å². The van der Waals surface area contributed by atoms with Crippen molar-refractivity contribution in [1.29, 1.82) is 0 Å². The molecule has 0 saturated carbocycles. The molecule has 0 aliphatic carbocycles. The lowest BCUT2D eigenvalue weighted by Gasteiger charge is -2.07. The van der Waals surface area contributed by atoms with Gasteiger partial charge in [0, 0.05) is 0 Å². The second-order valence-corrected chi connectivity index (χ2v) is 7.45. The molecule has 2 N–H and O–H groups in total. The number of thioether (sulfide) groups is 1. The summed E-state index contributed by atoms with van der Waals surface area (Å²) in [6.45, 7) is 6.06. The van der Waals surface area contributed by atoms with Crippen LogP contribution in [0.15, 0.2) is 63.7 Å². The second kappa shape index (κ2) is 9.54. The van der Waals surface area contributed by atoms with Crippen LogP contribution in [0.5, 0.6) is 11.5 Å². The molecule has 0 bridgehead atoms. The lowest BCUT2D eigenvalue weighted by molar-refractivity contribution is -0.138. The molecule has 2 aromatic carbocycles. The summed E-state index contributed by atoms with van der Waals surface area (Å²) in [6, 6.07) is 12.4. The first-order valence-electron chi connectivity index (χ1n) is 9.55. The summed E-state index contributed by atoms with van der Waals surface area (Å²) in [5.74, 6) is -0.430. The Morgan fingerprint density at radius 2 is 1.90 bits per heavy atom. The number of ether oxygens (including phenoxy) is 2. The zero-order chi connectivity index (χ0) is 21.7. The first-order valence-corrected chi connectivity index (χ1v) is 10.4. The van der Waals surface area contributed by atoms with E-state index in [0.717, 1.165) is 5.56 Å². The molecule has 1 heterocycles. The van der Waals surface area contributed by atoms with Crippen molar-refractivity contribution in [2.45, 2.75) is 20.8 Å². The SMILES string of the molecule is CCOC(=O)C1=C(O)/C(=C\c2ccc(O)c(OCC)c2)SC1=Nc1ccccc1C. The van der Waals surface area contributed by atoms with E-state index in [2.05, 4.69) is 4.99 Å². The Morgan fingerprint density at radius 3 is 2.60 bits per heavy atom. The quantitative estimate of drug-likeness (QED) is 0.611. The molecule has 1 aliphatic rings. The number of hydrogen-bond donors (Lipinski definition) is 2. The standard InChI is InChI=1S/C23H23NO5S/c1-4-28-18-12-15(10-11-17(18)25)13-19-21(26)20(23(27)29-5-2)22(30-19)24-16-9-7-6-8-14(16)3/h6-13,25-26H,4-5H2,1-3H3/b19-13+,24-22?. The Bertz CT molecular complexity index is 1060. The van der Waals surface area contributed by atoms with Crippen molar-refractivity contribution >= 4 is 34.5 Å². The molecule has 0 aromatic heterocycles. The predicted molar refractivity (Wildman–Crippen MR) is 119 cm³/mol. The Balaban J connectivity index is 2.05. The largest absolute Gasteiger partial charge is 0.506 e. The number of para-hydroxylation sites is 1. The summed E-state index contributed by atoms with van der Waals surface area (Å²) in [5, 5.41) is 21.0. The number of aryl methyl sites for hydroxylation is 1. The number of aliphatic hydroxyl groups excluding tert-OH is 1. The summed E-state index contributed by atoms with van der Waals surface area (Å²) in [4.78, 5) is 17.6. The third-order valence-electron chi connectivity index (χ3n) is 4.29. The van der Waals surface area contributed by atoms with Crippen LogP contribution in [0.2, 0.25) is 0 Å². The molecule has 30 heavy (non-hydrogen) atoms. The average Bonchev–Trinajstić information content (AvgIpc) is 3.01. The number of carbonyl (C=O) groups is 1. The molecular formula is C23H23NO5S. The van der Waals surface area contributed by atoms with E-state index in [9.17, 15) is 15.0 Å². The van der Waals surface area contributed by atoms with Crippen LogP contribution in [0.4, 0.5) is 5.69 Å².